The number of anilines is 2. The zero-order valence-electron chi connectivity index (χ0n) is 20.5. The second kappa shape index (κ2) is 10.7. The summed E-state index contributed by atoms with van der Waals surface area (Å²) in [6.07, 6.45) is 2.60. The molecule has 0 spiro atoms. The molecule has 1 unspecified atom stereocenters. The van der Waals surface area contributed by atoms with Crippen LogP contribution in [0.2, 0.25) is 5.02 Å². The zero-order valence-corrected chi connectivity index (χ0v) is 22.1. The van der Waals surface area contributed by atoms with Crippen LogP contribution < -0.4 is 19.7 Å². The van der Waals surface area contributed by atoms with Crippen LogP contribution in [0.5, 0.6) is 11.5 Å². The van der Waals surface area contributed by atoms with Gasteiger partial charge in [-0.15, -0.1) is 0 Å². The summed E-state index contributed by atoms with van der Waals surface area (Å²) in [6.45, 7) is 2.53. The second-order valence-electron chi connectivity index (χ2n) is 8.94. The molecule has 194 valence electrons. The fourth-order valence-electron chi connectivity index (χ4n) is 4.78. The van der Waals surface area contributed by atoms with Crippen LogP contribution in [-0.4, -0.2) is 58.4 Å². The number of hydrogen-bond donors (Lipinski definition) is 1. The third kappa shape index (κ3) is 5.16. The van der Waals surface area contributed by atoms with Gasteiger partial charge in [-0.1, -0.05) is 11.6 Å². The van der Waals surface area contributed by atoms with E-state index in [0.717, 1.165) is 17.7 Å². The Morgan fingerprint density at radius 2 is 1.81 bits per heavy atom. The van der Waals surface area contributed by atoms with Crippen molar-refractivity contribution in [2.24, 2.45) is 5.92 Å². The van der Waals surface area contributed by atoms with E-state index in [2.05, 4.69) is 5.32 Å². The third-order valence-corrected chi connectivity index (χ3v) is 8.83. The van der Waals surface area contributed by atoms with Gasteiger partial charge in [0, 0.05) is 38.3 Å². The number of benzene rings is 2. The predicted molar refractivity (Wildman–Crippen MR) is 137 cm³/mol. The molecule has 0 saturated carbocycles. The number of piperidine rings is 1. The molecule has 2 aliphatic rings. The Morgan fingerprint density at radius 3 is 2.50 bits per heavy atom. The van der Waals surface area contributed by atoms with Gasteiger partial charge in [0.05, 0.1) is 35.7 Å². The van der Waals surface area contributed by atoms with Gasteiger partial charge in [-0.2, -0.15) is 4.31 Å². The molecule has 2 amide bonds. The molecule has 2 heterocycles. The van der Waals surface area contributed by atoms with E-state index in [0.29, 0.717) is 54.6 Å². The number of aryl methyl sites for hydroxylation is 1. The smallest absolute Gasteiger partial charge is 0.243 e. The van der Waals surface area contributed by atoms with Gasteiger partial charge in [0.15, 0.2) is 0 Å². The van der Waals surface area contributed by atoms with Crippen LogP contribution >= 0.6 is 11.6 Å². The van der Waals surface area contributed by atoms with Crippen molar-refractivity contribution in [3.8, 4) is 11.5 Å². The van der Waals surface area contributed by atoms with E-state index in [-0.39, 0.29) is 23.3 Å². The Bertz CT molecular complexity index is 1280. The Kier molecular flexibility index (Phi) is 7.77. The van der Waals surface area contributed by atoms with Crippen LogP contribution in [0.25, 0.3) is 0 Å². The van der Waals surface area contributed by atoms with Gasteiger partial charge in [-0.25, -0.2) is 8.42 Å². The van der Waals surface area contributed by atoms with Crippen LogP contribution in [0.1, 0.15) is 31.7 Å². The number of hydrogen-bond acceptors (Lipinski definition) is 6. The van der Waals surface area contributed by atoms with Crippen molar-refractivity contribution in [2.75, 3.05) is 44.1 Å². The number of nitrogens with one attached hydrogen (secondary N) is 1. The molecule has 2 aromatic rings. The van der Waals surface area contributed by atoms with Gasteiger partial charge in [-0.3, -0.25) is 9.59 Å². The highest BCUT2D eigenvalue weighted by molar-refractivity contribution is 7.89. The molecular formula is C25H30ClN3O6S. The highest BCUT2D eigenvalue weighted by atomic mass is 35.5. The number of sulfonamides is 1. The average molecular weight is 536 g/mol. The Hall–Kier alpha value is -2.82. The summed E-state index contributed by atoms with van der Waals surface area (Å²) >= 11 is 6.21. The van der Waals surface area contributed by atoms with Gasteiger partial charge in [0.25, 0.3) is 0 Å². The van der Waals surface area contributed by atoms with E-state index in [4.69, 9.17) is 21.1 Å². The first-order chi connectivity index (χ1) is 17.1. The maximum absolute atomic E-state index is 13.5. The van der Waals surface area contributed by atoms with Crippen LogP contribution in [-0.2, 0) is 26.0 Å². The molecule has 2 aromatic carbocycles. The lowest BCUT2D eigenvalue weighted by molar-refractivity contribution is -0.121. The van der Waals surface area contributed by atoms with Crippen molar-refractivity contribution in [1.82, 2.24) is 4.31 Å². The van der Waals surface area contributed by atoms with Crippen LogP contribution in [0, 0.1) is 5.92 Å². The lowest BCUT2D eigenvalue weighted by Gasteiger charge is -2.32. The number of amides is 2. The average Bonchev–Trinajstić information content (AvgIpc) is 2.88. The third-order valence-electron chi connectivity index (χ3n) is 6.67. The maximum Gasteiger partial charge on any atom is 0.243 e. The molecule has 0 radical (unpaired) electrons. The minimum Gasteiger partial charge on any atom is -0.495 e. The summed E-state index contributed by atoms with van der Waals surface area (Å²) in [7, 11) is -0.856. The largest absolute Gasteiger partial charge is 0.495 e. The number of nitrogens with zero attached hydrogens (tertiary/aromatic N) is 2. The van der Waals surface area contributed by atoms with Crippen molar-refractivity contribution >= 4 is 44.8 Å². The lowest BCUT2D eigenvalue weighted by Crippen LogP contribution is -2.43. The SMILES string of the molecule is COc1cc(OC)c(NC(=O)C2CCCN(S(=O)(=O)c3ccc4c(c3)CCCN4C(C)=O)C2)cc1Cl. The fourth-order valence-corrected chi connectivity index (χ4v) is 6.59. The van der Waals surface area contributed by atoms with E-state index >= 15 is 0 Å². The first-order valence-corrected chi connectivity index (χ1v) is 13.6. The van der Waals surface area contributed by atoms with Gasteiger partial charge in [0.2, 0.25) is 21.8 Å². The van der Waals surface area contributed by atoms with Crippen molar-refractivity contribution in [1.29, 1.82) is 0 Å². The van der Waals surface area contributed by atoms with E-state index in [9.17, 15) is 18.0 Å². The molecule has 1 N–H and O–H groups in total. The predicted octanol–water partition coefficient (Wildman–Crippen LogP) is 3.70. The summed E-state index contributed by atoms with van der Waals surface area (Å²) in [4.78, 5) is 26.9. The van der Waals surface area contributed by atoms with Crippen LogP contribution in [0.15, 0.2) is 35.2 Å². The highest BCUT2D eigenvalue weighted by Gasteiger charge is 2.34. The minimum absolute atomic E-state index is 0.0637. The quantitative estimate of drug-likeness (QED) is 0.604. The first-order valence-electron chi connectivity index (χ1n) is 11.8. The molecular weight excluding hydrogens is 506 g/mol. The molecule has 0 aliphatic carbocycles. The summed E-state index contributed by atoms with van der Waals surface area (Å²) in [5.74, 6) is -0.107. The molecule has 4 rings (SSSR count). The lowest BCUT2D eigenvalue weighted by atomic mass is 9.98. The Morgan fingerprint density at radius 1 is 1.06 bits per heavy atom. The van der Waals surface area contributed by atoms with Crippen molar-refractivity contribution in [2.45, 2.75) is 37.5 Å². The molecule has 2 aliphatic heterocycles. The number of carbonyl (C=O) groups excluding carboxylic acids is 2. The number of ether oxygens (including phenoxy) is 2. The van der Waals surface area contributed by atoms with Gasteiger partial charge in [0.1, 0.15) is 11.5 Å². The van der Waals surface area contributed by atoms with Crippen molar-refractivity contribution < 1.29 is 27.5 Å². The topological polar surface area (TPSA) is 105 Å². The monoisotopic (exact) mass is 535 g/mol. The summed E-state index contributed by atoms with van der Waals surface area (Å²) in [5, 5.41) is 3.15. The number of fused-ring (bicyclic) bond motifs is 1. The fraction of sp³-hybridized carbons (Fsp3) is 0.440. The molecule has 9 nitrogen and oxygen atoms in total. The van der Waals surface area contributed by atoms with Crippen LogP contribution in [0.4, 0.5) is 11.4 Å². The van der Waals surface area contributed by atoms with Crippen molar-refractivity contribution in [3.63, 3.8) is 0 Å². The van der Waals surface area contributed by atoms with E-state index < -0.39 is 15.9 Å². The molecule has 1 atom stereocenters. The molecule has 11 heteroatoms. The highest BCUT2D eigenvalue weighted by Crippen LogP contribution is 2.37. The molecule has 0 bridgehead atoms. The van der Waals surface area contributed by atoms with Crippen LogP contribution in [0.3, 0.4) is 0 Å². The maximum atomic E-state index is 13.5. The van der Waals surface area contributed by atoms with Gasteiger partial charge in [-0.05, 0) is 55.5 Å². The Balaban J connectivity index is 1.52. The second-order valence-corrected chi connectivity index (χ2v) is 11.3. The first kappa shape index (κ1) is 26.2. The summed E-state index contributed by atoms with van der Waals surface area (Å²) in [6, 6.07) is 8.04. The molecule has 1 fully saturated rings. The number of methoxy groups -OCH3 is 2. The summed E-state index contributed by atoms with van der Waals surface area (Å²) < 4.78 is 38.9. The zero-order chi connectivity index (χ0) is 26.0. The number of carbonyl (C=O) groups is 2. The van der Waals surface area contributed by atoms with Gasteiger partial charge < -0.3 is 19.7 Å². The van der Waals surface area contributed by atoms with E-state index in [1.807, 2.05) is 0 Å². The van der Waals surface area contributed by atoms with E-state index in [1.165, 1.54) is 25.4 Å². The number of halogens is 1. The molecule has 1 saturated heterocycles. The van der Waals surface area contributed by atoms with E-state index in [1.54, 1.807) is 35.2 Å². The molecule has 36 heavy (non-hydrogen) atoms. The minimum atomic E-state index is -3.81. The summed E-state index contributed by atoms with van der Waals surface area (Å²) in [5.41, 5.74) is 1.99. The molecule has 0 aromatic heterocycles. The van der Waals surface area contributed by atoms with Gasteiger partial charge >= 0.3 is 0 Å². The normalized spacial score (nSPS) is 18.3. The standard InChI is InChI=1S/C25H30ClN3O6S/c1-16(30)29-11-5-6-17-12-19(8-9-22(17)29)36(32,33)28-10-4-7-18(15-28)25(31)27-21-13-20(26)23(34-2)14-24(21)35-3/h8-9,12-14,18H,4-7,10-11,15H2,1-3H3,(H,27,31). The van der Waals surface area contributed by atoms with Crippen molar-refractivity contribution in [3.05, 3.63) is 40.9 Å². The number of rotatable bonds is 6. The Labute approximate surface area is 216 Å².